The molecule has 3 N–H and O–H groups in total. The molecule has 0 saturated heterocycles. The van der Waals surface area contributed by atoms with E-state index in [2.05, 4.69) is 27.2 Å². The SMILES string of the molecule is C[C@@H](NC(=O)c1c(N)nn2cccnc12)c1cc2cccc(C#CC3CCCCC3)c2c(=O)n1-c1ccccc1. The summed E-state index contributed by atoms with van der Waals surface area (Å²) >= 11 is 0. The molecule has 0 spiro atoms. The summed E-state index contributed by atoms with van der Waals surface area (Å²) in [6.07, 6.45) is 9.18. The Kier molecular flexibility index (Phi) is 6.79. The lowest BCUT2D eigenvalue weighted by molar-refractivity contribution is 0.0941. The monoisotopic (exact) mass is 530 g/mol. The first kappa shape index (κ1) is 25.4. The van der Waals surface area contributed by atoms with Gasteiger partial charge in [-0.2, -0.15) is 0 Å². The number of para-hydroxylation sites is 1. The molecule has 200 valence electrons. The Morgan fingerprint density at radius 1 is 1.07 bits per heavy atom. The molecule has 1 aliphatic rings. The van der Waals surface area contributed by atoms with E-state index in [1.165, 1.54) is 23.8 Å². The van der Waals surface area contributed by atoms with E-state index in [-0.39, 0.29) is 16.9 Å². The maximum absolute atomic E-state index is 14.2. The highest BCUT2D eigenvalue weighted by Crippen LogP contribution is 2.26. The van der Waals surface area contributed by atoms with Crippen molar-refractivity contribution < 1.29 is 4.79 Å². The molecule has 3 aromatic heterocycles. The molecule has 1 saturated carbocycles. The number of amides is 1. The van der Waals surface area contributed by atoms with Crippen LogP contribution in [-0.2, 0) is 0 Å². The van der Waals surface area contributed by atoms with Crippen molar-refractivity contribution in [2.24, 2.45) is 5.92 Å². The molecule has 0 unspecified atom stereocenters. The van der Waals surface area contributed by atoms with Gasteiger partial charge in [-0.1, -0.05) is 61.4 Å². The molecule has 1 amide bonds. The number of hydrogen-bond acceptors (Lipinski definition) is 5. The smallest absolute Gasteiger partial charge is 0.264 e. The van der Waals surface area contributed by atoms with Crippen LogP contribution in [0.25, 0.3) is 22.1 Å². The van der Waals surface area contributed by atoms with Crippen molar-refractivity contribution in [2.75, 3.05) is 5.73 Å². The lowest BCUT2D eigenvalue weighted by atomic mass is 9.89. The number of pyridine rings is 1. The zero-order valence-corrected chi connectivity index (χ0v) is 22.3. The summed E-state index contributed by atoms with van der Waals surface area (Å²) in [5.41, 5.74) is 8.54. The zero-order chi connectivity index (χ0) is 27.6. The van der Waals surface area contributed by atoms with Gasteiger partial charge in [0, 0.05) is 35.3 Å². The third-order valence-electron chi connectivity index (χ3n) is 7.55. The lowest BCUT2D eigenvalue weighted by Gasteiger charge is -2.21. The van der Waals surface area contributed by atoms with Crippen molar-refractivity contribution in [3.63, 3.8) is 0 Å². The van der Waals surface area contributed by atoms with Gasteiger partial charge in [0.1, 0.15) is 5.56 Å². The van der Waals surface area contributed by atoms with E-state index in [0.29, 0.717) is 28.3 Å². The van der Waals surface area contributed by atoms with E-state index < -0.39 is 11.9 Å². The molecule has 40 heavy (non-hydrogen) atoms. The summed E-state index contributed by atoms with van der Waals surface area (Å²) in [5, 5.41) is 8.57. The molecule has 5 aromatic rings. The van der Waals surface area contributed by atoms with Crippen LogP contribution in [0.4, 0.5) is 5.82 Å². The number of aromatic nitrogens is 4. The number of nitrogens with zero attached hydrogens (tertiary/aromatic N) is 4. The molecule has 8 heteroatoms. The van der Waals surface area contributed by atoms with E-state index in [9.17, 15) is 9.59 Å². The predicted octanol–water partition coefficient (Wildman–Crippen LogP) is 5.04. The van der Waals surface area contributed by atoms with Gasteiger partial charge in [0.15, 0.2) is 11.5 Å². The van der Waals surface area contributed by atoms with Crippen LogP contribution >= 0.6 is 0 Å². The van der Waals surface area contributed by atoms with Crippen molar-refractivity contribution in [1.82, 2.24) is 24.5 Å². The van der Waals surface area contributed by atoms with Gasteiger partial charge >= 0.3 is 0 Å². The van der Waals surface area contributed by atoms with Crippen molar-refractivity contribution in [2.45, 2.75) is 45.1 Å². The highest BCUT2D eigenvalue weighted by atomic mass is 16.2. The molecule has 6 rings (SSSR count). The number of nitrogens with one attached hydrogen (secondary N) is 1. The fourth-order valence-electron chi connectivity index (χ4n) is 5.54. The standard InChI is InChI=1S/C32H30N6O2/c1-21(35-31(39)28-29(33)36-37-19-9-18-34-30(28)37)26-20-24-13-8-12-23(17-16-22-10-4-2-5-11-22)27(24)32(40)38(26)25-14-6-3-7-15-25/h3,6-9,12-15,18-22H,2,4-5,10-11H2,1H3,(H2,33,36)(H,35,39)/t21-/m1/s1. The molecule has 1 fully saturated rings. The number of carbonyl (C=O) groups is 1. The Morgan fingerprint density at radius 2 is 1.88 bits per heavy atom. The van der Waals surface area contributed by atoms with Crippen molar-refractivity contribution in [3.8, 4) is 17.5 Å². The summed E-state index contributed by atoms with van der Waals surface area (Å²) in [5.74, 6) is 6.81. The maximum Gasteiger partial charge on any atom is 0.264 e. The van der Waals surface area contributed by atoms with Crippen LogP contribution in [0, 0.1) is 17.8 Å². The summed E-state index contributed by atoms with van der Waals surface area (Å²) in [6, 6.07) is 18.3. The minimum atomic E-state index is -0.542. The quantitative estimate of drug-likeness (QED) is 0.317. The first-order valence-electron chi connectivity index (χ1n) is 13.7. The van der Waals surface area contributed by atoms with Gasteiger partial charge in [-0.15, -0.1) is 5.10 Å². The molecular formula is C32H30N6O2. The van der Waals surface area contributed by atoms with Crippen LogP contribution in [0.3, 0.4) is 0 Å². The van der Waals surface area contributed by atoms with Crippen LogP contribution in [-0.4, -0.2) is 25.1 Å². The van der Waals surface area contributed by atoms with Gasteiger partial charge in [-0.25, -0.2) is 9.50 Å². The fraction of sp³-hybridized carbons (Fsp3) is 0.250. The Morgan fingerprint density at radius 3 is 2.67 bits per heavy atom. The van der Waals surface area contributed by atoms with Crippen LogP contribution in [0.1, 0.15) is 66.7 Å². The lowest BCUT2D eigenvalue weighted by Crippen LogP contribution is -2.32. The van der Waals surface area contributed by atoms with Crippen LogP contribution < -0.4 is 16.6 Å². The number of carbonyl (C=O) groups excluding carboxylic acids is 1. The predicted molar refractivity (Wildman–Crippen MR) is 156 cm³/mol. The minimum absolute atomic E-state index is 0.0866. The van der Waals surface area contributed by atoms with Gasteiger partial charge < -0.3 is 11.1 Å². The molecule has 0 aliphatic heterocycles. The maximum atomic E-state index is 14.2. The second-order valence-electron chi connectivity index (χ2n) is 10.3. The van der Waals surface area contributed by atoms with Gasteiger partial charge in [-0.3, -0.25) is 14.2 Å². The van der Waals surface area contributed by atoms with E-state index >= 15 is 0 Å². The first-order chi connectivity index (χ1) is 19.5. The third kappa shape index (κ3) is 4.71. The number of nitrogen functional groups attached to an aromatic ring is 1. The van der Waals surface area contributed by atoms with Gasteiger partial charge in [0.2, 0.25) is 0 Å². The molecule has 3 heterocycles. The topological polar surface area (TPSA) is 107 Å². The molecule has 0 bridgehead atoms. The van der Waals surface area contributed by atoms with Crippen LogP contribution in [0.5, 0.6) is 0 Å². The third-order valence-corrected chi connectivity index (χ3v) is 7.55. The number of nitrogens with two attached hydrogens (primary N) is 1. The van der Waals surface area contributed by atoms with Crippen LogP contribution in [0.15, 0.2) is 77.9 Å². The number of hydrogen-bond donors (Lipinski definition) is 2. The molecule has 8 nitrogen and oxygen atoms in total. The van der Waals surface area contributed by atoms with Gasteiger partial charge in [-0.05, 0) is 55.5 Å². The van der Waals surface area contributed by atoms with Gasteiger partial charge in [0.05, 0.1) is 11.4 Å². The summed E-state index contributed by atoms with van der Waals surface area (Å²) in [7, 11) is 0. The Hall–Kier alpha value is -4.90. The first-order valence-corrected chi connectivity index (χ1v) is 13.7. The number of fused-ring (bicyclic) bond motifs is 2. The average Bonchev–Trinajstić information content (AvgIpc) is 3.32. The highest BCUT2D eigenvalue weighted by Gasteiger charge is 2.24. The molecular weight excluding hydrogens is 500 g/mol. The Balaban J connectivity index is 1.45. The van der Waals surface area contributed by atoms with E-state index in [4.69, 9.17) is 5.73 Å². The van der Waals surface area contributed by atoms with E-state index in [0.717, 1.165) is 23.8 Å². The summed E-state index contributed by atoms with van der Waals surface area (Å²) in [6.45, 7) is 1.85. The van der Waals surface area contributed by atoms with Crippen molar-refractivity contribution >= 4 is 28.1 Å². The average molecular weight is 531 g/mol. The minimum Gasteiger partial charge on any atom is -0.381 e. The van der Waals surface area contributed by atoms with E-state index in [1.54, 1.807) is 23.0 Å². The second-order valence-corrected chi connectivity index (χ2v) is 10.3. The summed E-state index contributed by atoms with van der Waals surface area (Å²) in [4.78, 5) is 31.9. The normalized spacial score (nSPS) is 14.5. The second kappa shape index (κ2) is 10.7. The van der Waals surface area contributed by atoms with Crippen LogP contribution in [0.2, 0.25) is 0 Å². The molecule has 0 radical (unpaired) electrons. The van der Waals surface area contributed by atoms with E-state index in [1.807, 2.05) is 61.5 Å². The highest BCUT2D eigenvalue weighted by molar-refractivity contribution is 6.04. The fourth-order valence-corrected chi connectivity index (χ4v) is 5.54. The Bertz CT molecular complexity index is 1840. The molecule has 2 aromatic carbocycles. The van der Waals surface area contributed by atoms with Gasteiger partial charge in [0.25, 0.3) is 11.5 Å². The number of benzene rings is 2. The Labute approximate surface area is 231 Å². The summed E-state index contributed by atoms with van der Waals surface area (Å²) < 4.78 is 3.14. The zero-order valence-electron chi connectivity index (χ0n) is 22.3. The van der Waals surface area contributed by atoms with Crippen molar-refractivity contribution in [3.05, 3.63) is 100 Å². The number of anilines is 1. The number of rotatable bonds is 4. The van der Waals surface area contributed by atoms with Crippen molar-refractivity contribution in [1.29, 1.82) is 0 Å². The largest absolute Gasteiger partial charge is 0.381 e. The molecule has 1 aliphatic carbocycles. The molecule has 1 atom stereocenters.